The number of pyridine rings is 1. The van der Waals surface area contributed by atoms with Crippen LogP contribution < -0.4 is 5.73 Å². The lowest BCUT2D eigenvalue weighted by Gasteiger charge is -1.89. The summed E-state index contributed by atoms with van der Waals surface area (Å²) in [6, 6.07) is 3.65. The summed E-state index contributed by atoms with van der Waals surface area (Å²) >= 11 is 0. The highest BCUT2D eigenvalue weighted by Gasteiger charge is 2.03. The zero-order chi connectivity index (χ0) is 10.4. The summed E-state index contributed by atoms with van der Waals surface area (Å²) in [5, 5.41) is 3.69. The van der Waals surface area contributed by atoms with Crippen LogP contribution >= 0.6 is 0 Å². The molecule has 5 nitrogen and oxygen atoms in total. The van der Waals surface area contributed by atoms with Crippen LogP contribution in [0, 0.1) is 6.92 Å². The topological polar surface area (TPSA) is 77.8 Å². The molecule has 0 atom stereocenters. The minimum Gasteiger partial charge on any atom is -0.334 e. The predicted octanol–water partition coefficient (Wildman–Crippen LogP) is 1.01. The first-order valence-electron chi connectivity index (χ1n) is 4.15. The van der Waals surface area contributed by atoms with Crippen LogP contribution in [0.1, 0.15) is 5.82 Å². The molecule has 0 saturated carbocycles. The van der Waals surface area contributed by atoms with Gasteiger partial charge in [0.1, 0.15) is 0 Å². The highest BCUT2D eigenvalue weighted by Crippen LogP contribution is 2.14. The van der Waals surface area contributed by atoms with Gasteiger partial charge >= 0.3 is 0 Å². The van der Waals surface area contributed by atoms with Gasteiger partial charge < -0.3 is 10.3 Å². The quantitative estimate of drug-likeness (QED) is 0.729. The minimum atomic E-state index is 0.537. The molecular formula is C9H12N4O. The molecule has 0 aliphatic heterocycles. The fourth-order valence-corrected chi connectivity index (χ4v) is 0.909. The Morgan fingerprint density at radius 1 is 1.21 bits per heavy atom. The summed E-state index contributed by atoms with van der Waals surface area (Å²) in [4.78, 5) is 7.96. The lowest BCUT2D eigenvalue weighted by atomic mass is 10.3. The third-order valence-corrected chi connectivity index (χ3v) is 1.45. The molecule has 0 saturated heterocycles. The van der Waals surface area contributed by atoms with Crippen LogP contribution in [-0.2, 0) is 0 Å². The molecule has 0 aliphatic rings. The maximum absolute atomic E-state index is 4.96. The van der Waals surface area contributed by atoms with Gasteiger partial charge in [0.15, 0.2) is 5.82 Å². The second-order valence-corrected chi connectivity index (χ2v) is 2.38. The molecule has 0 amide bonds. The van der Waals surface area contributed by atoms with Crippen molar-refractivity contribution >= 4 is 0 Å². The summed E-state index contributed by atoms with van der Waals surface area (Å²) in [5.41, 5.74) is 5.39. The van der Waals surface area contributed by atoms with Crippen molar-refractivity contribution in [2.24, 2.45) is 5.73 Å². The van der Waals surface area contributed by atoms with Crippen LogP contribution in [0.5, 0.6) is 0 Å². The van der Waals surface area contributed by atoms with Crippen LogP contribution in [0.25, 0.3) is 11.5 Å². The molecule has 0 bridgehead atoms. The normalized spacial score (nSPS) is 9.07. The standard InChI is InChI=1S/C8H7N3O.CH5N/c1-6-10-8(12-11-6)7-2-4-9-5-3-7;1-2/h2-5H,1H3;2H2,1H3. The Hall–Kier alpha value is -1.75. The van der Waals surface area contributed by atoms with Crippen LogP contribution in [0.2, 0.25) is 0 Å². The van der Waals surface area contributed by atoms with Crippen molar-refractivity contribution < 1.29 is 4.52 Å². The fraction of sp³-hybridized carbons (Fsp3) is 0.222. The first-order valence-corrected chi connectivity index (χ1v) is 4.15. The Labute approximate surface area is 82.0 Å². The van der Waals surface area contributed by atoms with Gasteiger partial charge in [-0.15, -0.1) is 0 Å². The van der Waals surface area contributed by atoms with Crippen LogP contribution in [-0.4, -0.2) is 22.2 Å². The molecule has 5 heteroatoms. The van der Waals surface area contributed by atoms with Crippen molar-refractivity contribution in [1.29, 1.82) is 0 Å². The summed E-state index contributed by atoms with van der Waals surface area (Å²) in [6.07, 6.45) is 3.38. The van der Waals surface area contributed by atoms with Crippen LogP contribution in [0.4, 0.5) is 0 Å². The molecular weight excluding hydrogens is 180 g/mol. The molecule has 2 aromatic heterocycles. The Kier molecular flexibility index (Phi) is 3.75. The number of hydrogen-bond donors (Lipinski definition) is 1. The Bertz CT molecular complexity index is 371. The Morgan fingerprint density at radius 3 is 2.36 bits per heavy atom. The predicted molar refractivity (Wildman–Crippen MR) is 52.4 cm³/mol. The van der Waals surface area contributed by atoms with Gasteiger partial charge in [-0.2, -0.15) is 4.98 Å². The SMILES string of the molecule is CN.Cc1noc(-c2ccncc2)n1. The summed E-state index contributed by atoms with van der Waals surface area (Å²) in [5.74, 6) is 1.18. The van der Waals surface area contributed by atoms with Gasteiger partial charge in [-0.1, -0.05) is 5.16 Å². The lowest BCUT2D eigenvalue weighted by Crippen LogP contribution is -1.77. The first kappa shape index (κ1) is 10.3. The molecule has 14 heavy (non-hydrogen) atoms. The smallest absolute Gasteiger partial charge is 0.258 e. The van der Waals surface area contributed by atoms with E-state index in [9.17, 15) is 0 Å². The van der Waals surface area contributed by atoms with E-state index in [0.717, 1.165) is 5.56 Å². The van der Waals surface area contributed by atoms with Gasteiger partial charge in [0.25, 0.3) is 5.89 Å². The number of nitrogens with zero attached hydrogens (tertiary/aromatic N) is 3. The van der Waals surface area contributed by atoms with Gasteiger partial charge in [0.2, 0.25) is 0 Å². The average Bonchev–Trinajstić information content (AvgIpc) is 2.69. The van der Waals surface area contributed by atoms with Gasteiger partial charge in [0, 0.05) is 18.0 Å². The molecule has 0 radical (unpaired) electrons. The third-order valence-electron chi connectivity index (χ3n) is 1.45. The van der Waals surface area contributed by atoms with Crippen LogP contribution in [0.3, 0.4) is 0 Å². The van der Waals surface area contributed by atoms with E-state index in [2.05, 4.69) is 20.9 Å². The molecule has 0 aliphatic carbocycles. The van der Waals surface area contributed by atoms with Crippen molar-refractivity contribution in [2.75, 3.05) is 7.05 Å². The van der Waals surface area contributed by atoms with Crippen molar-refractivity contribution in [3.63, 3.8) is 0 Å². The maximum atomic E-state index is 4.96. The van der Waals surface area contributed by atoms with E-state index < -0.39 is 0 Å². The van der Waals surface area contributed by atoms with Gasteiger partial charge in [0.05, 0.1) is 0 Å². The average molecular weight is 192 g/mol. The molecule has 0 unspecified atom stereocenters. The minimum absolute atomic E-state index is 0.537. The summed E-state index contributed by atoms with van der Waals surface area (Å²) < 4.78 is 4.96. The number of aromatic nitrogens is 3. The number of nitrogens with two attached hydrogens (primary N) is 1. The van der Waals surface area contributed by atoms with Gasteiger partial charge in [-0.05, 0) is 26.1 Å². The van der Waals surface area contributed by atoms with E-state index in [1.165, 1.54) is 7.05 Å². The monoisotopic (exact) mass is 192 g/mol. The third kappa shape index (κ3) is 2.37. The Morgan fingerprint density at radius 2 is 1.86 bits per heavy atom. The van der Waals surface area contributed by atoms with E-state index in [0.29, 0.717) is 11.7 Å². The zero-order valence-corrected chi connectivity index (χ0v) is 8.14. The summed E-state index contributed by atoms with van der Waals surface area (Å²) in [7, 11) is 1.50. The van der Waals surface area contributed by atoms with E-state index in [-0.39, 0.29) is 0 Å². The largest absolute Gasteiger partial charge is 0.334 e. The molecule has 2 N–H and O–H groups in total. The number of hydrogen-bond acceptors (Lipinski definition) is 5. The molecule has 0 aromatic carbocycles. The highest BCUT2D eigenvalue weighted by atomic mass is 16.5. The highest BCUT2D eigenvalue weighted by molar-refractivity contribution is 5.50. The Balaban J connectivity index is 0.000000461. The van der Waals surface area contributed by atoms with Crippen molar-refractivity contribution in [1.82, 2.24) is 15.1 Å². The van der Waals surface area contributed by atoms with Crippen molar-refractivity contribution in [3.05, 3.63) is 30.4 Å². The zero-order valence-electron chi connectivity index (χ0n) is 8.14. The second kappa shape index (κ2) is 5.08. The number of rotatable bonds is 1. The maximum Gasteiger partial charge on any atom is 0.258 e. The van der Waals surface area contributed by atoms with Crippen molar-refractivity contribution in [2.45, 2.75) is 6.92 Å². The van der Waals surface area contributed by atoms with E-state index in [1.807, 2.05) is 12.1 Å². The lowest BCUT2D eigenvalue weighted by molar-refractivity contribution is 0.425. The number of aryl methyl sites for hydroxylation is 1. The van der Waals surface area contributed by atoms with E-state index >= 15 is 0 Å². The van der Waals surface area contributed by atoms with E-state index in [1.54, 1.807) is 19.3 Å². The van der Waals surface area contributed by atoms with Gasteiger partial charge in [-0.3, -0.25) is 4.98 Å². The fourth-order valence-electron chi connectivity index (χ4n) is 0.909. The molecule has 0 fully saturated rings. The van der Waals surface area contributed by atoms with Crippen molar-refractivity contribution in [3.8, 4) is 11.5 Å². The van der Waals surface area contributed by atoms with Gasteiger partial charge in [-0.25, -0.2) is 0 Å². The van der Waals surface area contributed by atoms with E-state index in [4.69, 9.17) is 4.52 Å². The molecule has 2 heterocycles. The first-order chi connectivity index (χ1) is 6.86. The molecule has 2 rings (SSSR count). The second-order valence-electron chi connectivity index (χ2n) is 2.38. The summed E-state index contributed by atoms with van der Waals surface area (Å²) in [6.45, 7) is 1.79. The molecule has 74 valence electrons. The van der Waals surface area contributed by atoms with Crippen LogP contribution in [0.15, 0.2) is 29.0 Å². The molecule has 2 aromatic rings. The molecule has 0 spiro atoms.